The highest BCUT2D eigenvalue weighted by molar-refractivity contribution is 8.07. The van der Waals surface area contributed by atoms with Crippen LogP contribution in [0.5, 0.6) is 0 Å². The van der Waals surface area contributed by atoms with E-state index in [0.717, 1.165) is 5.75 Å². The van der Waals surface area contributed by atoms with E-state index < -0.39 is 11.9 Å². The zero-order chi connectivity index (χ0) is 14.9. The number of thioether (sulfide) groups is 2. The third-order valence-corrected chi connectivity index (χ3v) is 7.21. The molecule has 0 aliphatic carbocycles. The van der Waals surface area contributed by atoms with E-state index in [0.29, 0.717) is 22.2 Å². The van der Waals surface area contributed by atoms with Crippen molar-refractivity contribution in [2.75, 3.05) is 5.75 Å². The Labute approximate surface area is 127 Å². The van der Waals surface area contributed by atoms with Crippen LogP contribution in [0.3, 0.4) is 0 Å². The van der Waals surface area contributed by atoms with E-state index in [1.165, 1.54) is 0 Å². The molecule has 2 heterocycles. The molecule has 0 spiro atoms. The molecule has 2 rings (SSSR count). The van der Waals surface area contributed by atoms with Gasteiger partial charge in [-0.25, -0.2) is 0 Å². The fraction of sp³-hybridized carbons (Fsp3) is 0.769. The van der Waals surface area contributed by atoms with Gasteiger partial charge in [-0.15, -0.1) is 11.8 Å². The minimum absolute atomic E-state index is 0.232. The van der Waals surface area contributed by atoms with Crippen LogP contribution >= 0.6 is 23.5 Å². The number of hydrogen-bond acceptors (Lipinski definition) is 6. The number of carboxylic acids is 1. The number of rotatable bonds is 4. The number of nitrogens with zero attached hydrogens (tertiary/aromatic N) is 2. The molecule has 5 nitrogen and oxygen atoms in total. The molecule has 0 aromatic carbocycles. The van der Waals surface area contributed by atoms with E-state index in [-0.39, 0.29) is 11.2 Å². The molecule has 1 fully saturated rings. The molecule has 5 atom stereocenters. The van der Waals surface area contributed by atoms with Gasteiger partial charge in [-0.2, -0.15) is 16.7 Å². The monoisotopic (exact) mass is 316 g/mol. The molecule has 0 saturated carbocycles. The Kier molecular flexibility index (Phi) is 5.01. The van der Waals surface area contributed by atoms with Gasteiger partial charge in [0.2, 0.25) is 5.89 Å². The minimum atomic E-state index is -0.845. The Morgan fingerprint density at radius 3 is 2.70 bits per heavy atom. The molecule has 1 aromatic heterocycles. The van der Waals surface area contributed by atoms with Crippen LogP contribution in [0.1, 0.15) is 50.6 Å². The summed E-state index contributed by atoms with van der Waals surface area (Å²) in [5.41, 5.74) is 0. The zero-order valence-corrected chi connectivity index (χ0v) is 13.7. The minimum Gasteiger partial charge on any atom is -0.481 e. The molecule has 0 radical (unpaired) electrons. The van der Waals surface area contributed by atoms with Crippen molar-refractivity contribution in [2.24, 2.45) is 5.92 Å². The number of carboxylic acid groups (broad SMARTS) is 1. The van der Waals surface area contributed by atoms with Crippen LogP contribution in [-0.2, 0) is 4.79 Å². The molecule has 1 aliphatic heterocycles. The van der Waals surface area contributed by atoms with Gasteiger partial charge in [0, 0.05) is 22.2 Å². The van der Waals surface area contributed by atoms with Crippen molar-refractivity contribution in [3.63, 3.8) is 0 Å². The summed E-state index contributed by atoms with van der Waals surface area (Å²) in [6, 6.07) is 0. The average Bonchev–Trinajstić information content (AvgIpc) is 2.89. The average molecular weight is 316 g/mol. The highest BCUT2D eigenvalue weighted by Gasteiger charge is 2.32. The maximum atomic E-state index is 11.0. The van der Waals surface area contributed by atoms with E-state index >= 15 is 0 Å². The van der Waals surface area contributed by atoms with Gasteiger partial charge in [0.1, 0.15) is 0 Å². The highest BCUT2D eigenvalue weighted by atomic mass is 32.2. The summed E-state index contributed by atoms with van der Waals surface area (Å²) < 4.78 is 5.27. The third kappa shape index (κ3) is 3.31. The second-order valence-electron chi connectivity index (χ2n) is 5.27. The first-order chi connectivity index (χ1) is 9.40. The molecule has 5 unspecified atom stereocenters. The topological polar surface area (TPSA) is 76.2 Å². The summed E-state index contributed by atoms with van der Waals surface area (Å²) in [7, 11) is 0. The van der Waals surface area contributed by atoms with Crippen LogP contribution in [0.15, 0.2) is 4.52 Å². The summed E-state index contributed by atoms with van der Waals surface area (Å²) in [5.74, 6) is 0.439. The quantitative estimate of drug-likeness (QED) is 0.914. The fourth-order valence-electron chi connectivity index (χ4n) is 1.91. The maximum Gasteiger partial charge on any atom is 0.307 e. The summed E-state index contributed by atoms with van der Waals surface area (Å²) >= 11 is 3.79. The lowest BCUT2D eigenvalue weighted by molar-refractivity contribution is -0.141. The van der Waals surface area contributed by atoms with Crippen molar-refractivity contribution in [3.8, 4) is 0 Å². The molecular weight excluding hydrogens is 296 g/mol. The predicted octanol–water partition coefficient (Wildman–Crippen LogP) is 3.19. The molecule has 20 heavy (non-hydrogen) atoms. The Hall–Kier alpha value is -0.690. The Morgan fingerprint density at radius 1 is 1.40 bits per heavy atom. The summed E-state index contributed by atoms with van der Waals surface area (Å²) in [6.45, 7) is 7.91. The van der Waals surface area contributed by atoms with Crippen molar-refractivity contribution < 1.29 is 14.4 Å². The van der Waals surface area contributed by atoms with Crippen molar-refractivity contribution in [3.05, 3.63) is 11.7 Å². The predicted molar refractivity (Wildman–Crippen MR) is 81.2 cm³/mol. The highest BCUT2D eigenvalue weighted by Crippen LogP contribution is 2.43. The van der Waals surface area contributed by atoms with Gasteiger partial charge >= 0.3 is 5.97 Å². The SMILES string of the molecule is CC1SCC(c2noc(C(C)C(C)C(=O)O)n2)SC1C. The zero-order valence-electron chi connectivity index (χ0n) is 12.1. The molecule has 112 valence electrons. The number of aliphatic carboxylic acids is 1. The molecule has 1 N–H and O–H groups in total. The normalized spacial score (nSPS) is 29.9. The lowest BCUT2D eigenvalue weighted by Gasteiger charge is -2.29. The summed E-state index contributed by atoms with van der Waals surface area (Å²) in [5, 5.41) is 14.5. The molecular formula is C13H20N2O3S2. The van der Waals surface area contributed by atoms with Crippen LogP contribution in [0, 0.1) is 5.92 Å². The van der Waals surface area contributed by atoms with Crippen LogP contribution in [0.2, 0.25) is 0 Å². The Morgan fingerprint density at radius 2 is 2.10 bits per heavy atom. The van der Waals surface area contributed by atoms with Crippen molar-refractivity contribution in [2.45, 2.75) is 49.4 Å². The van der Waals surface area contributed by atoms with Gasteiger partial charge < -0.3 is 9.63 Å². The van der Waals surface area contributed by atoms with E-state index in [2.05, 4.69) is 24.0 Å². The lowest BCUT2D eigenvalue weighted by atomic mass is 9.96. The van der Waals surface area contributed by atoms with E-state index in [4.69, 9.17) is 9.63 Å². The summed E-state index contributed by atoms with van der Waals surface area (Å²) in [6.07, 6.45) is 0. The molecule has 0 amide bonds. The van der Waals surface area contributed by atoms with Gasteiger partial charge in [0.05, 0.1) is 11.2 Å². The second kappa shape index (κ2) is 6.39. The number of hydrogen-bond donors (Lipinski definition) is 1. The Balaban J connectivity index is 2.07. The number of aromatic nitrogens is 2. The van der Waals surface area contributed by atoms with Crippen LogP contribution < -0.4 is 0 Å². The molecule has 0 bridgehead atoms. The molecule has 1 aliphatic rings. The van der Waals surface area contributed by atoms with Crippen molar-refractivity contribution in [1.82, 2.24) is 10.1 Å². The van der Waals surface area contributed by atoms with Gasteiger partial charge in [-0.3, -0.25) is 4.79 Å². The van der Waals surface area contributed by atoms with Crippen molar-refractivity contribution >= 4 is 29.5 Å². The van der Waals surface area contributed by atoms with Gasteiger partial charge in [0.25, 0.3) is 0 Å². The van der Waals surface area contributed by atoms with Gasteiger partial charge in [0.15, 0.2) is 5.82 Å². The first kappa shape index (κ1) is 15.7. The molecule has 7 heteroatoms. The van der Waals surface area contributed by atoms with Crippen LogP contribution in [-0.4, -0.2) is 37.5 Å². The first-order valence-corrected chi connectivity index (χ1v) is 8.72. The molecule has 1 aromatic rings. The standard InChI is InChI=1S/C13H20N2O3S2/c1-6(7(2)13(16)17)12-14-11(15-18-12)10-5-19-8(3)9(4)20-10/h6-10H,5H2,1-4H3,(H,16,17). The van der Waals surface area contributed by atoms with Crippen LogP contribution in [0.4, 0.5) is 0 Å². The van der Waals surface area contributed by atoms with E-state index in [9.17, 15) is 4.79 Å². The van der Waals surface area contributed by atoms with E-state index in [1.807, 2.05) is 30.4 Å². The largest absolute Gasteiger partial charge is 0.481 e. The first-order valence-electron chi connectivity index (χ1n) is 6.73. The van der Waals surface area contributed by atoms with Crippen LogP contribution in [0.25, 0.3) is 0 Å². The van der Waals surface area contributed by atoms with Gasteiger partial charge in [-0.1, -0.05) is 32.9 Å². The lowest BCUT2D eigenvalue weighted by Crippen LogP contribution is -2.22. The smallest absolute Gasteiger partial charge is 0.307 e. The summed E-state index contributed by atoms with van der Waals surface area (Å²) in [4.78, 5) is 15.4. The van der Waals surface area contributed by atoms with E-state index in [1.54, 1.807) is 6.92 Å². The fourth-order valence-corrected chi connectivity index (χ4v) is 4.74. The van der Waals surface area contributed by atoms with Gasteiger partial charge in [-0.05, 0) is 0 Å². The Bertz CT molecular complexity index is 480. The van der Waals surface area contributed by atoms with Crippen molar-refractivity contribution in [1.29, 1.82) is 0 Å². The number of carbonyl (C=O) groups is 1. The second-order valence-corrected chi connectivity index (χ2v) is 8.27. The molecule has 1 saturated heterocycles. The maximum absolute atomic E-state index is 11.0. The third-order valence-electron chi connectivity index (χ3n) is 3.82.